The summed E-state index contributed by atoms with van der Waals surface area (Å²) in [5, 5.41) is 19.8. The molecule has 3 N–H and O–H groups in total. The number of allylic oxidation sites excluding steroid dienone is 1. The summed E-state index contributed by atoms with van der Waals surface area (Å²) in [6.07, 6.45) is 2.14. The Labute approximate surface area is 77.6 Å². The molecular formula is C9H15NO3. The second-order valence-electron chi connectivity index (χ2n) is 2.49. The summed E-state index contributed by atoms with van der Waals surface area (Å²) in [4.78, 5) is 11.2. The first kappa shape index (κ1) is 11.9. The number of amides is 1. The normalized spacial score (nSPS) is 13.6. The molecule has 0 spiro atoms. The molecule has 0 aromatic rings. The van der Waals surface area contributed by atoms with Gasteiger partial charge >= 0.3 is 0 Å². The summed E-state index contributed by atoms with van der Waals surface area (Å²) >= 11 is 0. The van der Waals surface area contributed by atoms with Crippen molar-refractivity contribution >= 4 is 5.91 Å². The van der Waals surface area contributed by atoms with Crippen LogP contribution in [0.4, 0.5) is 0 Å². The summed E-state index contributed by atoms with van der Waals surface area (Å²) in [6, 6.07) is 0. The molecule has 4 nitrogen and oxygen atoms in total. The fraction of sp³-hybridized carbons (Fsp3) is 0.444. The predicted molar refractivity (Wildman–Crippen MR) is 50.1 cm³/mol. The lowest BCUT2D eigenvalue weighted by atomic mass is 10.2. The number of rotatable bonds is 5. The second kappa shape index (κ2) is 6.39. The van der Waals surface area contributed by atoms with Crippen molar-refractivity contribution in [2.45, 2.75) is 13.0 Å². The molecule has 0 saturated heterocycles. The van der Waals surface area contributed by atoms with Gasteiger partial charge in [0.15, 0.2) is 0 Å². The maximum Gasteiger partial charge on any atom is 0.251 e. The molecule has 0 aliphatic rings. The van der Waals surface area contributed by atoms with Crippen molar-refractivity contribution in [3.05, 3.63) is 24.3 Å². The summed E-state index contributed by atoms with van der Waals surface area (Å²) in [5.41, 5.74) is 0.449. The highest BCUT2D eigenvalue weighted by Crippen LogP contribution is 1.94. The number of carbonyl (C=O) groups is 1. The Bertz CT molecular complexity index is 211. The molecule has 0 radical (unpaired) electrons. The lowest BCUT2D eigenvalue weighted by Gasteiger charge is -2.08. The molecule has 0 fully saturated rings. The Morgan fingerprint density at radius 2 is 2.31 bits per heavy atom. The molecule has 0 heterocycles. The van der Waals surface area contributed by atoms with E-state index in [0.29, 0.717) is 5.57 Å². The lowest BCUT2D eigenvalue weighted by molar-refractivity contribution is -0.117. The van der Waals surface area contributed by atoms with E-state index in [9.17, 15) is 4.79 Å². The SMILES string of the molecule is C=C/C(=C\C)C(=O)NCC(O)CO. The van der Waals surface area contributed by atoms with Gasteiger partial charge in [-0.15, -0.1) is 0 Å². The van der Waals surface area contributed by atoms with Gasteiger partial charge in [0.25, 0.3) is 5.91 Å². The van der Waals surface area contributed by atoms with E-state index in [1.165, 1.54) is 6.08 Å². The summed E-state index contributed by atoms with van der Waals surface area (Å²) in [5.74, 6) is -0.301. The number of nitrogens with one attached hydrogen (secondary N) is 1. The van der Waals surface area contributed by atoms with E-state index in [1.807, 2.05) is 0 Å². The van der Waals surface area contributed by atoms with Crippen molar-refractivity contribution in [3.63, 3.8) is 0 Å². The van der Waals surface area contributed by atoms with E-state index < -0.39 is 6.10 Å². The largest absolute Gasteiger partial charge is 0.394 e. The lowest BCUT2D eigenvalue weighted by Crippen LogP contribution is -2.34. The monoisotopic (exact) mass is 185 g/mol. The van der Waals surface area contributed by atoms with Crippen LogP contribution in [-0.4, -0.2) is 35.4 Å². The van der Waals surface area contributed by atoms with Gasteiger partial charge in [-0.1, -0.05) is 18.7 Å². The molecule has 0 aromatic carbocycles. The highest BCUT2D eigenvalue weighted by Gasteiger charge is 2.06. The van der Waals surface area contributed by atoms with Gasteiger partial charge in [-0.3, -0.25) is 4.79 Å². The standard InChI is InChI=1S/C9H15NO3/c1-3-7(4-2)9(13)10-5-8(12)6-11/h3-4,8,11-12H,1,5-6H2,2H3,(H,10,13)/b7-4+. The molecule has 13 heavy (non-hydrogen) atoms. The summed E-state index contributed by atoms with van der Waals surface area (Å²) in [7, 11) is 0. The fourth-order valence-electron chi connectivity index (χ4n) is 0.719. The van der Waals surface area contributed by atoms with E-state index >= 15 is 0 Å². The van der Waals surface area contributed by atoms with Crippen LogP contribution in [0.3, 0.4) is 0 Å². The Balaban J connectivity index is 3.94. The van der Waals surface area contributed by atoms with Gasteiger partial charge in [0, 0.05) is 12.1 Å². The Morgan fingerprint density at radius 1 is 1.69 bits per heavy atom. The molecular weight excluding hydrogens is 170 g/mol. The van der Waals surface area contributed by atoms with Gasteiger partial charge in [0.2, 0.25) is 0 Å². The highest BCUT2D eigenvalue weighted by molar-refractivity contribution is 5.95. The molecule has 0 rings (SSSR count). The van der Waals surface area contributed by atoms with Crippen LogP contribution in [-0.2, 0) is 4.79 Å². The third kappa shape index (κ3) is 4.45. The molecule has 74 valence electrons. The first-order valence-corrected chi connectivity index (χ1v) is 4.01. The Kier molecular flexibility index (Phi) is 5.84. The number of hydrogen-bond acceptors (Lipinski definition) is 3. The zero-order valence-corrected chi connectivity index (χ0v) is 7.66. The third-order valence-corrected chi connectivity index (χ3v) is 1.50. The minimum absolute atomic E-state index is 0.0422. The molecule has 4 heteroatoms. The van der Waals surface area contributed by atoms with Crippen molar-refractivity contribution in [2.75, 3.05) is 13.2 Å². The van der Waals surface area contributed by atoms with Crippen LogP contribution in [0.1, 0.15) is 6.92 Å². The molecule has 1 amide bonds. The topological polar surface area (TPSA) is 69.6 Å². The van der Waals surface area contributed by atoms with Crippen LogP contribution in [0.15, 0.2) is 24.3 Å². The van der Waals surface area contributed by atoms with Crippen LogP contribution in [0, 0.1) is 0 Å². The average molecular weight is 185 g/mol. The quantitative estimate of drug-likeness (QED) is 0.403. The summed E-state index contributed by atoms with van der Waals surface area (Å²) < 4.78 is 0. The smallest absolute Gasteiger partial charge is 0.251 e. The van der Waals surface area contributed by atoms with Crippen molar-refractivity contribution in [1.29, 1.82) is 0 Å². The van der Waals surface area contributed by atoms with Gasteiger partial charge in [0.05, 0.1) is 12.7 Å². The number of hydrogen-bond donors (Lipinski definition) is 3. The van der Waals surface area contributed by atoms with Gasteiger partial charge in [0.1, 0.15) is 0 Å². The number of aliphatic hydroxyl groups is 2. The zero-order chi connectivity index (χ0) is 10.3. The van der Waals surface area contributed by atoms with Crippen molar-refractivity contribution in [2.24, 2.45) is 0 Å². The maximum absolute atomic E-state index is 11.2. The maximum atomic E-state index is 11.2. The third-order valence-electron chi connectivity index (χ3n) is 1.50. The van der Waals surface area contributed by atoms with E-state index in [2.05, 4.69) is 11.9 Å². The number of carbonyl (C=O) groups excluding carboxylic acids is 1. The van der Waals surface area contributed by atoms with Crippen LogP contribution in [0.2, 0.25) is 0 Å². The fourth-order valence-corrected chi connectivity index (χ4v) is 0.719. The van der Waals surface area contributed by atoms with Crippen LogP contribution >= 0.6 is 0 Å². The number of aliphatic hydroxyl groups excluding tert-OH is 2. The minimum Gasteiger partial charge on any atom is -0.394 e. The predicted octanol–water partition coefficient (Wildman–Crippen LogP) is -0.412. The van der Waals surface area contributed by atoms with E-state index in [1.54, 1.807) is 13.0 Å². The van der Waals surface area contributed by atoms with Gasteiger partial charge in [-0.25, -0.2) is 0 Å². The first-order valence-electron chi connectivity index (χ1n) is 4.01. The van der Waals surface area contributed by atoms with E-state index in [4.69, 9.17) is 10.2 Å². The second-order valence-corrected chi connectivity index (χ2v) is 2.49. The Hall–Kier alpha value is -1.13. The van der Waals surface area contributed by atoms with Crippen molar-refractivity contribution < 1.29 is 15.0 Å². The van der Waals surface area contributed by atoms with Crippen molar-refractivity contribution in [3.8, 4) is 0 Å². The average Bonchev–Trinajstić information content (AvgIpc) is 2.16. The van der Waals surface area contributed by atoms with Gasteiger partial charge in [-0.05, 0) is 6.92 Å². The summed E-state index contributed by atoms with van der Waals surface area (Å²) in [6.45, 7) is 4.86. The van der Waals surface area contributed by atoms with Crippen molar-refractivity contribution in [1.82, 2.24) is 5.32 Å². The van der Waals surface area contributed by atoms with Gasteiger partial charge < -0.3 is 15.5 Å². The zero-order valence-electron chi connectivity index (χ0n) is 7.66. The molecule has 0 bridgehead atoms. The minimum atomic E-state index is -0.910. The molecule has 0 saturated carbocycles. The van der Waals surface area contributed by atoms with Crippen LogP contribution < -0.4 is 5.32 Å². The van der Waals surface area contributed by atoms with E-state index in [-0.39, 0.29) is 19.1 Å². The Morgan fingerprint density at radius 3 is 2.69 bits per heavy atom. The van der Waals surface area contributed by atoms with Crippen LogP contribution in [0.5, 0.6) is 0 Å². The van der Waals surface area contributed by atoms with Gasteiger partial charge in [-0.2, -0.15) is 0 Å². The highest BCUT2D eigenvalue weighted by atomic mass is 16.3. The molecule has 0 aliphatic heterocycles. The molecule has 1 unspecified atom stereocenters. The molecule has 0 aliphatic carbocycles. The first-order chi connectivity index (χ1) is 6.15. The molecule has 0 aromatic heterocycles. The molecule has 1 atom stereocenters. The van der Waals surface area contributed by atoms with E-state index in [0.717, 1.165) is 0 Å². The van der Waals surface area contributed by atoms with Crippen LogP contribution in [0.25, 0.3) is 0 Å².